The average Bonchev–Trinajstić information content (AvgIpc) is 2.96. The van der Waals surface area contributed by atoms with Crippen molar-refractivity contribution in [3.05, 3.63) is 16.1 Å². The highest BCUT2D eigenvalue weighted by Crippen LogP contribution is 2.20. The van der Waals surface area contributed by atoms with Crippen LogP contribution >= 0.6 is 11.3 Å². The van der Waals surface area contributed by atoms with Crippen molar-refractivity contribution in [2.45, 2.75) is 58.1 Å². The standard InChI is InChI=1S/C16H28N4OS/c1-13-11-19-15(22-13)12-20-16(17-2)18-9-6-10-21-14-7-4-3-5-8-14/h11,14H,3-10,12H2,1-2H3,(H2,17,18,20). The molecule has 0 bridgehead atoms. The first-order chi connectivity index (χ1) is 10.8. The fourth-order valence-electron chi connectivity index (χ4n) is 2.62. The van der Waals surface area contributed by atoms with E-state index in [1.54, 1.807) is 18.4 Å². The van der Waals surface area contributed by atoms with Gasteiger partial charge in [-0.15, -0.1) is 11.3 Å². The lowest BCUT2D eigenvalue weighted by atomic mass is 9.98. The van der Waals surface area contributed by atoms with Crippen molar-refractivity contribution in [3.8, 4) is 0 Å². The minimum Gasteiger partial charge on any atom is -0.378 e. The molecule has 1 aromatic heterocycles. The zero-order valence-corrected chi connectivity index (χ0v) is 14.5. The van der Waals surface area contributed by atoms with Crippen LogP contribution in [0.3, 0.4) is 0 Å². The Balaban J connectivity index is 1.54. The number of hydrogen-bond acceptors (Lipinski definition) is 4. The second-order valence-corrected chi connectivity index (χ2v) is 7.02. The summed E-state index contributed by atoms with van der Waals surface area (Å²) in [7, 11) is 1.79. The van der Waals surface area contributed by atoms with Gasteiger partial charge in [0.25, 0.3) is 0 Å². The van der Waals surface area contributed by atoms with E-state index < -0.39 is 0 Å². The minimum absolute atomic E-state index is 0.499. The number of guanidine groups is 1. The van der Waals surface area contributed by atoms with Crippen molar-refractivity contribution in [2.75, 3.05) is 20.2 Å². The summed E-state index contributed by atoms with van der Waals surface area (Å²) >= 11 is 1.71. The molecule has 1 aliphatic rings. The smallest absolute Gasteiger partial charge is 0.191 e. The molecule has 2 N–H and O–H groups in total. The Morgan fingerprint density at radius 3 is 2.86 bits per heavy atom. The first-order valence-corrected chi connectivity index (χ1v) is 9.07. The van der Waals surface area contributed by atoms with Crippen LogP contribution in [0.15, 0.2) is 11.2 Å². The maximum absolute atomic E-state index is 5.92. The van der Waals surface area contributed by atoms with Gasteiger partial charge in [-0.3, -0.25) is 4.99 Å². The summed E-state index contributed by atoms with van der Waals surface area (Å²) in [5.74, 6) is 0.825. The van der Waals surface area contributed by atoms with Crippen LogP contribution in [0.2, 0.25) is 0 Å². The molecule has 124 valence electrons. The van der Waals surface area contributed by atoms with Crippen LogP contribution in [0.25, 0.3) is 0 Å². The van der Waals surface area contributed by atoms with Gasteiger partial charge in [-0.25, -0.2) is 4.98 Å². The summed E-state index contributed by atoms with van der Waals surface area (Å²) in [4.78, 5) is 9.80. The van der Waals surface area contributed by atoms with E-state index in [0.717, 1.165) is 37.1 Å². The van der Waals surface area contributed by atoms with Crippen molar-refractivity contribution in [3.63, 3.8) is 0 Å². The summed E-state index contributed by atoms with van der Waals surface area (Å²) in [6.45, 7) is 4.50. The normalized spacial score (nSPS) is 16.7. The van der Waals surface area contributed by atoms with Gasteiger partial charge in [0.15, 0.2) is 5.96 Å². The summed E-state index contributed by atoms with van der Waals surface area (Å²) in [5.41, 5.74) is 0. The fourth-order valence-corrected chi connectivity index (χ4v) is 3.35. The molecule has 1 heterocycles. The van der Waals surface area contributed by atoms with Crippen LogP contribution in [0.4, 0.5) is 0 Å². The Bertz CT molecular complexity index is 455. The monoisotopic (exact) mass is 324 g/mol. The van der Waals surface area contributed by atoms with Gasteiger partial charge in [-0.05, 0) is 26.2 Å². The van der Waals surface area contributed by atoms with E-state index in [4.69, 9.17) is 4.74 Å². The third kappa shape index (κ3) is 6.32. The molecule has 0 atom stereocenters. The van der Waals surface area contributed by atoms with Gasteiger partial charge in [-0.1, -0.05) is 19.3 Å². The molecule has 0 aliphatic heterocycles. The van der Waals surface area contributed by atoms with E-state index >= 15 is 0 Å². The molecule has 0 aromatic carbocycles. The number of rotatable bonds is 7. The van der Waals surface area contributed by atoms with Crippen molar-refractivity contribution >= 4 is 17.3 Å². The molecule has 0 unspecified atom stereocenters. The van der Waals surface area contributed by atoms with Crippen LogP contribution < -0.4 is 10.6 Å². The van der Waals surface area contributed by atoms with E-state index in [-0.39, 0.29) is 0 Å². The molecule has 5 nitrogen and oxygen atoms in total. The summed E-state index contributed by atoms with van der Waals surface area (Å²) in [6.07, 6.45) is 9.93. The third-order valence-corrected chi connectivity index (χ3v) is 4.73. The number of aliphatic imine (C=N–C) groups is 1. The molecule has 0 radical (unpaired) electrons. The second kappa shape index (κ2) is 9.79. The van der Waals surface area contributed by atoms with Crippen LogP contribution in [0.5, 0.6) is 0 Å². The van der Waals surface area contributed by atoms with Gasteiger partial charge in [-0.2, -0.15) is 0 Å². The van der Waals surface area contributed by atoms with E-state index in [1.165, 1.54) is 37.0 Å². The van der Waals surface area contributed by atoms with Crippen LogP contribution in [-0.2, 0) is 11.3 Å². The number of thiazole rings is 1. The summed E-state index contributed by atoms with van der Waals surface area (Å²) < 4.78 is 5.92. The quantitative estimate of drug-likeness (QED) is 0.460. The molecule has 0 saturated heterocycles. The maximum Gasteiger partial charge on any atom is 0.191 e. The number of aryl methyl sites for hydroxylation is 1. The van der Waals surface area contributed by atoms with Crippen LogP contribution in [0, 0.1) is 6.92 Å². The van der Waals surface area contributed by atoms with E-state index in [9.17, 15) is 0 Å². The SMILES string of the molecule is CN=C(NCCCOC1CCCCC1)NCc1ncc(C)s1. The Morgan fingerprint density at radius 1 is 1.36 bits per heavy atom. The molecule has 1 fully saturated rings. The maximum atomic E-state index is 5.92. The fraction of sp³-hybridized carbons (Fsp3) is 0.750. The average molecular weight is 324 g/mol. The molecule has 2 rings (SSSR count). The zero-order chi connectivity index (χ0) is 15.6. The van der Waals surface area contributed by atoms with Crippen molar-refractivity contribution < 1.29 is 4.74 Å². The Labute approximate surface area is 137 Å². The van der Waals surface area contributed by atoms with Crippen molar-refractivity contribution in [2.24, 2.45) is 4.99 Å². The Morgan fingerprint density at radius 2 is 2.18 bits per heavy atom. The van der Waals surface area contributed by atoms with Gasteiger partial charge in [0.2, 0.25) is 0 Å². The van der Waals surface area contributed by atoms with Crippen molar-refractivity contribution in [1.29, 1.82) is 0 Å². The van der Waals surface area contributed by atoms with Gasteiger partial charge < -0.3 is 15.4 Å². The lowest BCUT2D eigenvalue weighted by molar-refractivity contribution is 0.0277. The number of nitrogens with one attached hydrogen (secondary N) is 2. The highest BCUT2D eigenvalue weighted by Gasteiger charge is 2.12. The number of hydrogen-bond donors (Lipinski definition) is 2. The second-order valence-electron chi connectivity index (χ2n) is 5.70. The lowest BCUT2D eigenvalue weighted by Gasteiger charge is -2.22. The van der Waals surface area contributed by atoms with Gasteiger partial charge >= 0.3 is 0 Å². The summed E-state index contributed by atoms with van der Waals surface area (Å²) in [6, 6.07) is 0. The van der Waals surface area contributed by atoms with Crippen LogP contribution in [-0.4, -0.2) is 37.2 Å². The predicted octanol–water partition coefficient (Wildman–Crippen LogP) is 2.86. The molecule has 22 heavy (non-hydrogen) atoms. The number of ether oxygens (including phenoxy) is 1. The highest BCUT2D eigenvalue weighted by atomic mass is 32.1. The largest absolute Gasteiger partial charge is 0.378 e. The predicted molar refractivity (Wildman–Crippen MR) is 92.5 cm³/mol. The topological polar surface area (TPSA) is 58.5 Å². The van der Waals surface area contributed by atoms with E-state index in [0.29, 0.717) is 6.10 Å². The molecule has 1 saturated carbocycles. The Kier molecular flexibility index (Phi) is 7.66. The van der Waals surface area contributed by atoms with Gasteiger partial charge in [0, 0.05) is 31.3 Å². The Hall–Kier alpha value is -1.14. The van der Waals surface area contributed by atoms with Crippen LogP contribution in [0.1, 0.15) is 48.4 Å². The van der Waals surface area contributed by atoms with E-state index in [2.05, 4.69) is 27.5 Å². The molecule has 1 aromatic rings. The zero-order valence-electron chi connectivity index (χ0n) is 13.7. The lowest BCUT2D eigenvalue weighted by Crippen LogP contribution is -2.37. The molecule has 0 spiro atoms. The molecule has 1 aliphatic carbocycles. The molecule has 6 heteroatoms. The minimum atomic E-state index is 0.499. The van der Waals surface area contributed by atoms with Crippen molar-refractivity contribution in [1.82, 2.24) is 15.6 Å². The van der Waals surface area contributed by atoms with Gasteiger partial charge in [0.1, 0.15) is 5.01 Å². The third-order valence-electron chi connectivity index (χ3n) is 3.82. The molecular weight excluding hydrogens is 296 g/mol. The number of aromatic nitrogens is 1. The highest BCUT2D eigenvalue weighted by molar-refractivity contribution is 7.11. The molecule has 0 amide bonds. The first kappa shape index (κ1) is 17.2. The summed E-state index contributed by atoms with van der Waals surface area (Å²) in [5, 5.41) is 7.69. The number of nitrogens with zero attached hydrogens (tertiary/aromatic N) is 2. The first-order valence-electron chi connectivity index (χ1n) is 8.25. The molecular formula is C16H28N4OS. The van der Waals surface area contributed by atoms with Gasteiger partial charge in [0.05, 0.1) is 12.6 Å². The van der Waals surface area contributed by atoms with E-state index in [1.807, 2.05) is 6.20 Å².